The predicted octanol–water partition coefficient (Wildman–Crippen LogP) is 3.75. The number of hydrogen-bond donors (Lipinski definition) is 2. The Hall–Kier alpha value is -1.95. The lowest BCUT2D eigenvalue weighted by atomic mass is 10.1. The second-order valence-electron chi connectivity index (χ2n) is 6.10. The molecule has 0 aliphatic heterocycles. The first-order valence-electron chi connectivity index (χ1n) is 9.30. The Kier molecular flexibility index (Phi) is 10.9. The summed E-state index contributed by atoms with van der Waals surface area (Å²) in [5.41, 5.74) is 0.773. The van der Waals surface area contributed by atoms with Crippen molar-refractivity contribution in [3.8, 4) is 5.75 Å². The molecular formula is C19H29FIN5O3. The summed E-state index contributed by atoms with van der Waals surface area (Å²) in [6, 6.07) is 4.68. The van der Waals surface area contributed by atoms with Gasteiger partial charge < -0.3 is 24.6 Å². The lowest BCUT2D eigenvalue weighted by Gasteiger charge is -2.18. The summed E-state index contributed by atoms with van der Waals surface area (Å²) in [5.74, 6) is 1.25. The average Bonchev–Trinajstić information content (AvgIpc) is 3.15. The number of aromatic nitrogens is 2. The molecule has 1 aromatic heterocycles. The van der Waals surface area contributed by atoms with Crippen molar-refractivity contribution >= 4 is 29.9 Å². The van der Waals surface area contributed by atoms with E-state index in [1.54, 1.807) is 6.07 Å². The quantitative estimate of drug-likeness (QED) is 0.295. The van der Waals surface area contributed by atoms with Crippen LogP contribution in [0, 0.1) is 5.82 Å². The summed E-state index contributed by atoms with van der Waals surface area (Å²) in [7, 11) is 1.44. The van der Waals surface area contributed by atoms with Crippen LogP contribution >= 0.6 is 24.0 Å². The molecule has 1 aromatic carbocycles. The minimum atomic E-state index is -0.405. The molecule has 162 valence electrons. The fourth-order valence-electron chi connectivity index (χ4n) is 2.53. The minimum absolute atomic E-state index is 0. The molecule has 29 heavy (non-hydrogen) atoms. The van der Waals surface area contributed by atoms with Gasteiger partial charge in [0.15, 0.2) is 23.4 Å². The lowest BCUT2D eigenvalue weighted by Crippen LogP contribution is -2.38. The number of nitrogens with zero attached hydrogens (tertiary/aromatic N) is 3. The van der Waals surface area contributed by atoms with E-state index in [0.29, 0.717) is 30.8 Å². The van der Waals surface area contributed by atoms with E-state index in [1.807, 2.05) is 33.8 Å². The summed E-state index contributed by atoms with van der Waals surface area (Å²) in [6.07, 6.45) is -0.233. The molecule has 0 spiro atoms. The van der Waals surface area contributed by atoms with Crippen LogP contribution in [0.2, 0.25) is 0 Å². The molecule has 10 heteroatoms. The fraction of sp³-hybridized carbons (Fsp3) is 0.526. The Morgan fingerprint density at radius 2 is 2.07 bits per heavy atom. The Balaban J connectivity index is 0.00000420. The van der Waals surface area contributed by atoms with Crippen LogP contribution in [0.4, 0.5) is 4.39 Å². The molecule has 0 aliphatic carbocycles. The van der Waals surface area contributed by atoms with Crippen molar-refractivity contribution in [2.75, 3.05) is 20.3 Å². The maximum atomic E-state index is 14.0. The highest BCUT2D eigenvalue weighted by molar-refractivity contribution is 14.0. The van der Waals surface area contributed by atoms with E-state index in [9.17, 15) is 4.39 Å². The van der Waals surface area contributed by atoms with Crippen LogP contribution in [0.5, 0.6) is 5.75 Å². The molecule has 1 heterocycles. The molecule has 2 aromatic rings. The predicted molar refractivity (Wildman–Crippen MR) is 119 cm³/mol. The smallest absolute Gasteiger partial charge is 0.248 e. The number of benzene rings is 1. The Bertz CT molecular complexity index is 787. The van der Waals surface area contributed by atoms with Crippen LogP contribution in [0.1, 0.15) is 57.1 Å². The molecular weight excluding hydrogens is 492 g/mol. The number of guanidine groups is 1. The van der Waals surface area contributed by atoms with Crippen LogP contribution in [-0.4, -0.2) is 36.4 Å². The van der Waals surface area contributed by atoms with Gasteiger partial charge in [0.1, 0.15) is 12.6 Å². The van der Waals surface area contributed by atoms with E-state index in [-0.39, 0.29) is 48.4 Å². The summed E-state index contributed by atoms with van der Waals surface area (Å²) < 4.78 is 29.6. The van der Waals surface area contributed by atoms with Crippen LogP contribution in [0.15, 0.2) is 27.7 Å². The molecule has 0 radical (unpaired) electrons. The summed E-state index contributed by atoms with van der Waals surface area (Å²) in [5, 5.41) is 10.3. The van der Waals surface area contributed by atoms with Gasteiger partial charge in [-0.15, -0.1) is 24.0 Å². The zero-order chi connectivity index (χ0) is 20.5. The molecule has 2 unspecified atom stereocenters. The van der Waals surface area contributed by atoms with Crippen molar-refractivity contribution in [1.29, 1.82) is 0 Å². The standard InChI is InChI=1S/C19H28FN5O3.HI/c1-6-21-19(22-11-17-24-18(25-28-17)13(4)27-7-2)23-12(3)14-8-9-16(26-5)15(20)10-14;/h8-10,12-13H,6-7,11H2,1-5H3,(H2,21,22,23);1H. The van der Waals surface area contributed by atoms with Crippen LogP contribution in [0.3, 0.4) is 0 Å². The Labute approximate surface area is 187 Å². The molecule has 2 atom stereocenters. The maximum absolute atomic E-state index is 14.0. The van der Waals surface area contributed by atoms with Crippen LogP contribution in [0.25, 0.3) is 0 Å². The Morgan fingerprint density at radius 3 is 2.69 bits per heavy atom. The number of aliphatic imine (C=N–C) groups is 1. The number of hydrogen-bond acceptors (Lipinski definition) is 6. The van der Waals surface area contributed by atoms with Gasteiger partial charge in [0.25, 0.3) is 0 Å². The van der Waals surface area contributed by atoms with Crippen molar-refractivity contribution < 1.29 is 18.4 Å². The van der Waals surface area contributed by atoms with E-state index in [2.05, 4.69) is 25.8 Å². The minimum Gasteiger partial charge on any atom is -0.494 e. The fourth-order valence-corrected chi connectivity index (χ4v) is 2.53. The zero-order valence-electron chi connectivity index (χ0n) is 17.4. The first-order valence-corrected chi connectivity index (χ1v) is 9.30. The SMILES string of the molecule is CCNC(=NCc1nc(C(C)OCC)no1)NC(C)c1ccc(OC)c(F)c1.I. The van der Waals surface area contributed by atoms with Gasteiger partial charge in [0.2, 0.25) is 5.89 Å². The molecule has 0 saturated heterocycles. The number of nitrogens with one attached hydrogen (secondary N) is 2. The third kappa shape index (κ3) is 7.42. The summed E-state index contributed by atoms with van der Waals surface area (Å²) >= 11 is 0. The van der Waals surface area contributed by atoms with Gasteiger partial charge in [0, 0.05) is 13.2 Å². The second-order valence-corrected chi connectivity index (χ2v) is 6.10. The molecule has 0 bridgehead atoms. The highest BCUT2D eigenvalue weighted by Crippen LogP contribution is 2.21. The summed E-state index contributed by atoms with van der Waals surface area (Å²) in [4.78, 5) is 8.76. The largest absolute Gasteiger partial charge is 0.494 e. The summed E-state index contributed by atoms with van der Waals surface area (Å²) in [6.45, 7) is 9.11. The number of methoxy groups -OCH3 is 1. The normalized spacial score (nSPS) is 13.4. The zero-order valence-corrected chi connectivity index (χ0v) is 19.7. The number of halogens is 2. The van der Waals surface area contributed by atoms with Crippen molar-refractivity contribution in [3.63, 3.8) is 0 Å². The van der Waals surface area contributed by atoms with E-state index in [1.165, 1.54) is 13.2 Å². The number of ether oxygens (including phenoxy) is 2. The highest BCUT2D eigenvalue weighted by Gasteiger charge is 2.14. The van der Waals surface area contributed by atoms with E-state index in [0.717, 1.165) is 5.56 Å². The van der Waals surface area contributed by atoms with E-state index in [4.69, 9.17) is 14.0 Å². The topological polar surface area (TPSA) is 93.8 Å². The Morgan fingerprint density at radius 1 is 1.31 bits per heavy atom. The monoisotopic (exact) mass is 521 g/mol. The number of rotatable bonds is 9. The molecule has 0 amide bonds. The van der Waals surface area contributed by atoms with Gasteiger partial charge in [-0.25, -0.2) is 9.38 Å². The second kappa shape index (κ2) is 12.6. The van der Waals surface area contributed by atoms with Gasteiger partial charge in [-0.2, -0.15) is 4.98 Å². The molecule has 0 fully saturated rings. The third-order valence-corrected chi connectivity index (χ3v) is 4.01. The van der Waals surface area contributed by atoms with Crippen molar-refractivity contribution in [1.82, 2.24) is 20.8 Å². The van der Waals surface area contributed by atoms with Gasteiger partial charge in [0.05, 0.1) is 13.2 Å². The van der Waals surface area contributed by atoms with Crippen molar-refractivity contribution in [2.24, 2.45) is 4.99 Å². The molecule has 0 saturated carbocycles. The van der Waals surface area contributed by atoms with Crippen LogP contribution < -0.4 is 15.4 Å². The maximum Gasteiger partial charge on any atom is 0.248 e. The molecule has 8 nitrogen and oxygen atoms in total. The van der Waals surface area contributed by atoms with E-state index < -0.39 is 5.82 Å². The van der Waals surface area contributed by atoms with Gasteiger partial charge in [-0.3, -0.25) is 0 Å². The van der Waals surface area contributed by atoms with Gasteiger partial charge in [-0.05, 0) is 45.4 Å². The van der Waals surface area contributed by atoms with E-state index >= 15 is 0 Å². The average molecular weight is 521 g/mol. The molecule has 2 rings (SSSR count). The van der Waals surface area contributed by atoms with Crippen LogP contribution in [-0.2, 0) is 11.3 Å². The van der Waals surface area contributed by atoms with Gasteiger partial charge >= 0.3 is 0 Å². The molecule has 2 N–H and O–H groups in total. The first-order chi connectivity index (χ1) is 13.5. The van der Waals surface area contributed by atoms with Crippen molar-refractivity contribution in [3.05, 3.63) is 41.3 Å². The van der Waals surface area contributed by atoms with Crippen molar-refractivity contribution in [2.45, 2.75) is 46.4 Å². The highest BCUT2D eigenvalue weighted by atomic mass is 127. The van der Waals surface area contributed by atoms with Gasteiger partial charge in [-0.1, -0.05) is 11.2 Å². The first kappa shape index (κ1) is 25.1. The molecule has 0 aliphatic rings. The lowest BCUT2D eigenvalue weighted by molar-refractivity contribution is 0.0683. The third-order valence-electron chi connectivity index (χ3n) is 4.01.